The number of aliphatic hydroxyl groups is 1. The molecule has 8 heteroatoms. The summed E-state index contributed by atoms with van der Waals surface area (Å²) in [5.41, 5.74) is 3.03. The van der Waals surface area contributed by atoms with Crippen LogP contribution < -0.4 is 4.90 Å². The highest BCUT2D eigenvalue weighted by Gasteiger charge is 2.27. The predicted octanol–water partition coefficient (Wildman–Crippen LogP) is 3.30. The van der Waals surface area contributed by atoms with Crippen molar-refractivity contribution in [2.75, 3.05) is 63.9 Å². The van der Waals surface area contributed by atoms with Gasteiger partial charge in [-0.1, -0.05) is 23.4 Å². The summed E-state index contributed by atoms with van der Waals surface area (Å²) in [6.45, 7) is 12.8. The Morgan fingerprint density at radius 1 is 1.10 bits per heavy atom. The standard InChI is InChI=1S/C21H32ClN5OS/c1-21(2,15-26-5-3-4-6-26)29-20-23-17-13-16(22)19(14-18(17)24-20)27-9-7-25(8-10-27)11-12-28/h13-14,28H,3-12,15H2,1-2H3,(H,23,24). The number of hydrogen-bond acceptors (Lipinski definition) is 6. The normalized spacial score (nSPS) is 19.5. The summed E-state index contributed by atoms with van der Waals surface area (Å²) in [6.07, 6.45) is 2.64. The van der Waals surface area contributed by atoms with Crippen molar-refractivity contribution in [1.29, 1.82) is 0 Å². The van der Waals surface area contributed by atoms with Crippen LogP contribution in [0.3, 0.4) is 0 Å². The van der Waals surface area contributed by atoms with Crippen molar-refractivity contribution in [2.24, 2.45) is 0 Å². The Balaban J connectivity index is 1.47. The second kappa shape index (κ2) is 9.02. The van der Waals surface area contributed by atoms with Gasteiger partial charge >= 0.3 is 0 Å². The quantitative estimate of drug-likeness (QED) is 0.648. The van der Waals surface area contributed by atoms with E-state index in [-0.39, 0.29) is 11.4 Å². The average Bonchev–Trinajstić information content (AvgIpc) is 3.30. The fraction of sp³-hybridized carbons (Fsp3) is 0.667. The lowest BCUT2D eigenvalue weighted by Gasteiger charge is -2.36. The molecule has 4 rings (SSSR count). The Kier molecular flexibility index (Phi) is 6.61. The molecule has 0 spiro atoms. The number of halogens is 1. The van der Waals surface area contributed by atoms with Gasteiger partial charge in [0.15, 0.2) is 5.16 Å². The van der Waals surface area contributed by atoms with Crippen molar-refractivity contribution in [3.05, 3.63) is 17.2 Å². The number of fused-ring (bicyclic) bond motifs is 1. The molecule has 0 bridgehead atoms. The molecule has 29 heavy (non-hydrogen) atoms. The summed E-state index contributed by atoms with van der Waals surface area (Å²) in [5, 5.41) is 10.9. The molecule has 0 unspecified atom stereocenters. The van der Waals surface area contributed by atoms with Crippen LogP contribution in [0.2, 0.25) is 5.02 Å². The van der Waals surface area contributed by atoms with Gasteiger partial charge in [-0.2, -0.15) is 0 Å². The molecule has 3 heterocycles. The van der Waals surface area contributed by atoms with Crippen LogP contribution in [-0.2, 0) is 0 Å². The first-order chi connectivity index (χ1) is 13.9. The van der Waals surface area contributed by atoms with E-state index in [4.69, 9.17) is 21.7 Å². The Morgan fingerprint density at radius 2 is 1.83 bits per heavy atom. The topological polar surface area (TPSA) is 58.6 Å². The molecule has 2 aromatic rings. The minimum absolute atomic E-state index is 0.105. The molecule has 0 aliphatic carbocycles. The van der Waals surface area contributed by atoms with Gasteiger partial charge in [0.1, 0.15) is 0 Å². The summed E-state index contributed by atoms with van der Waals surface area (Å²) in [4.78, 5) is 15.5. The molecule has 0 atom stereocenters. The number of β-amino-alcohol motifs (C(OH)–C–C–N with tert-alkyl or cyclic N) is 1. The van der Waals surface area contributed by atoms with Gasteiger partial charge in [0.25, 0.3) is 0 Å². The predicted molar refractivity (Wildman–Crippen MR) is 122 cm³/mol. The van der Waals surface area contributed by atoms with E-state index >= 15 is 0 Å². The van der Waals surface area contributed by atoms with Crippen molar-refractivity contribution >= 4 is 40.1 Å². The number of benzene rings is 1. The number of piperazine rings is 1. The van der Waals surface area contributed by atoms with Crippen LogP contribution in [0, 0.1) is 0 Å². The van der Waals surface area contributed by atoms with E-state index in [1.165, 1.54) is 25.9 Å². The Hall–Kier alpha value is -0.990. The van der Waals surface area contributed by atoms with Crippen molar-refractivity contribution in [2.45, 2.75) is 36.6 Å². The van der Waals surface area contributed by atoms with Gasteiger partial charge in [-0.05, 0) is 51.9 Å². The maximum absolute atomic E-state index is 9.13. The first kappa shape index (κ1) is 21.2. The molecular formula is C21H32ClN5OS. The molecule has 1 aromatic heterocycles. The number of aromatic amines is 1. The monoisotopic (exact) mass is 437 g/mol. The van der Waals surface area contributed by atoms with Crippen LogP contribution in [0.15, 0.2) is 17.3 Å². The Morgan fingerprint density at radius 3 is 2.52 bits per heavy atom. The minimum Gasteiger partial charge on any atom is -0.395 e. The highest BCUT2D eigenvalue weighted by molar-refractivity contribution is 8.00. The molecule has 6 nitrogen and oxygen atoms in total. The number of rotatable bonds is 7. The fourth-order valence-electron chi connectivity index (χ4n) is 4.41. The third-order valence-electron chi connectivity index (χ3n) is 5.83. The van der Waals surface area contributed by atoms with Crippen LogP contribution in [-0.4, -0.2) is 88.6 Å². The Labute approximate surface area is 182 Å². The van der Waals surface area contributed by atoms with Gasteiger partial charge in [-0.15, -0.1) is 0 Å². The molecule has 0 saturated carbocycles. The number of likely N-dealkylation sites (tertiary alicyclic amines) is 1. The fourth-order valence-corrected chi connectivity index (χ4v) is 5.77. The summed E-state index contributed by atoms with van der Waals surface area (Å²) < 4.78 is 0.105. The zero-order valence-electron chi connectivity index (χ0n) is 17.5. The van der Waals surface area contributed by atoms with E-state index in [9.17, 15) is 0 Å². The third-order valence-corrected chi connectivity index (χ3v) is 7.21. The Bertz CT molecular complexity index is 828. The van der Waals surface area contributed by atoms with Gasteiger partial charge < -0.3 is 19.9 Å². The molecule has 0 amide bonds. The van der Waals surface area contributed by atoms with Crippen molar-refractivity contribution in [1.82, 2.24) is 19.8 Å². The van der Waals surface area contributed by atoms with E-state index in [0.29, 0.717) is 0 Å². The molecule has 2 aliphatic rings. The lowest BCUT2D eigenvalue weighted by Crippen LogP contribution is -2.47. The molecule has 160 valence electrons. The smallest absolute Gasteiger partial charge is 0.166 e. The molecule has 2 aliphatic heterocycles. The summed E-state index contributed by atoms with van der Waals surface area (Å²) >= 11 is 8.45. The minimum atomic E-state index is 0.105. The second-order valence-electron chi connectivity index (χ2n) is 8.76. The highest BCUT2D eigenvalue weighted by atomic mass is 35.5. The number of imidazole rings is 1. The summed E-state index contributed by atoms with van der Waals surface area (Å²) in [6, 6.07) is 4.13. The number of nitrogens with one attached hydrogen (secondary N) is 1. The van der Waals surface area contributed by atoms with E-state index in [2.05, 4.69) is 39.6 Å². The van der Waals surface area contributed by atoms with Crippen LogP contribution in [0.25, 0.3) is 11.0 Å². The number of aromatic nitrogens is 2. The first-order valence-electron chi connectivity index (χ1n) is 10.6. The third kappa shape index (κ3) is 5.20. The van der Waals surface area contributed by atoms with Gasteiger partial charge in [0, 0.05) is 44.0 Å². The van der Waals surface area contributed by atoms with Crippen LogP contribution >= 0.6 is 23.4 Å². The largest absolute Gasteiger partial charge is 0.395 e. The molecule has 2 fully saturated rings. The number of thioether (sulfide) groups is 1. The number of H-pyrrole nitrogens is 1. The average molecular weight is 438 g/mol. The number of aliphatic hydroxyl groups excluding tert-OH is 1. The first-order valence-corrected chi connectivity index (χ1v) is 11.8. The molecule has 2 N–H and O–H groups in total. The zero-order chi connectivity index (χ0) is 20.4. The second-order valence-corrected chi connectivity index (χ2v) is 10.9. The zero-order valence-corrected chi connectivity index (χ0v) is 19.0. The lowest BCUT2D eigenvalue weighted by molar-refractivity contribution is 0.189. The van der Waals surface area contributed by atoms with E-state index in [1.807, 2.05) is 17.8 Å². The molecule has 2 saturated heterocycles. The summed E-state index contributed by atoms with van der Waals surface area (Å²) in [5.74, 6) is 0. The van der Waals surface area contributed by atoms with Crippen molar-refractivity contribution in [3.63, 3.8) is 0 Å². The SMILES string of the molecule is CC(C)(CN1CCCC1)Sc1nc2cc(N3CCN(CCO)CC3)c(Cl)cc2[nH]1. The highest BCUT2D eigenvalue weighted by Crippen LogP contribution is 2.36. The van der Waals surface area contributed by atoms with Crippen molar-refractivity contribution in [3.8, 4) is 0 Å². The van der Waals surface area contributed by atoms with Gasteiger partial charge in [-0.25, -0.2) is 4.98 Å². The molecule has 0 radical (unpaired) electrons. The number of anilines is 1. The van der Waals surface area contributed by atoms with Gasteiger partial charge in [0.2, 0.25) is 0 Å². The van der Waals surface area contributed by atoms with E-state index in [1.54, 1.807) is 0 Å². The van der Waals surface area contributed by atoms with Crippen LogP contribution in [0.4, 0.5) is 5.69 Å². The van der Waals surface area contributed by atoms with E-state index < -0.39 is 0 Å². The molecule has 1 aromatic carbocycles. The van der Waals surface area contributed by atoms with Crippen LogP contribution in [0.5, 0.6) is 0 Å². The molecular weight excluding hydrogens is 406 g/mol. The number of nitrogens with zero attached hydrogens (tertiary/aromatic N) is 4. The van der Waals surface area contributed by atoms with Gasteiger partial charge in [0.05, 0.1) is 28.4 Å². The van der Waals surface area contributed by atoms with Crippen LogP contribution in [0.1, 0.15) is 26.7 Å². The maximum Gasteiger partial charge on any atom is 0.166 e. The van der Waals surface area contributed by atoms with Gasteiger partial charge in [-0.3, -0.25) is 4.90 Å². The van der Waals surface area contributed by atoms with Crippen molar-refractivity contribution < 1.29 is 5.11 Å². The lowest BCUT2D eigenvalue weighted by atomic mass is 10.2. The summed E-state index contributed by atoms with van der Waals surface area (Å²) in [7, 11) is 0. The van der Waals surface area contributed by atoms with E-state index in [0.717, 1.165) is 66.2 Å². The maximum atomic E-state index is 9.13. The number of hydrogen-bond donors (Lipinski definition) is 2.